The van der Waals surface area contributed by atoms with Gasteiger partial charge in [-0.25, -0.2) is 0 Å². The Morgan fingerprint density at radius 2 is 2.06 bits per heavy atom. The van der Waals surface area contributed by atoms with Crippen molar-refractivity contribution in [3.05, 3.63) is 29.3 Å². The van der Waals surface area contributed by atoms with Crippen molar-refractivity contribution < 1.29 is 4.79 Å². The maximum atomic E-state index is 11.8. The quantitative estimate of drug-likeness (QED) is 0.813. The first-order chi connectivity index (χ1) is 8.54. The second-order valence-electron chi connectivity index (χ2n) is 5.02. The van der Waals surface area contributed by atoms with Gasteiger partial charge in [-0.05, 0) is 56.3 Å². The highest BCUT2D eigenvalue weighted by Gasteiger charge is 2.08. The number of benzene rings is 1. The fourth-order valence-electron chi connectivity index (χ4n) is 1.91. The molecule has 1 aromatic carbocycles. The summed E-state index contributed by atoms with van der Waals surface area (Å²) in [6.45, 7) is 6.91. The van der Waals surface area contributed by atoms with Gasteiger partial charge in [-0.1, -0.05) is 19.1 Å². The summed E-state index contributed by atoms with van der Waals surface area (Å²) >= 11 is 0. The predicted octanol–water partition coefficient (Wildman–Crippen LogP) is 3.01. The van der Waals surface area contributed by atoms with Crippen LogP contribution in [0.15, 0.2) is 18.2 Å². The van der Waals surface area contributed by atoms with Gasteiger partial charge in [0.2, 0.25) is 5.91 Å². The summed E-state index contributed by atoms with van der Waals surface area (Å²) < 4.78 is 0. The fraction of sp³-hybridized carbons (Fsp3) is 0.533. The average Bonchev–Trinajstić information content (AvgIpc) is 2.33. The molecule has 0 aliphatic carbocycles. The molecule has 0 radical (unpaired) electrons. The molecular weight excluding hydrogens is 224 g/mol. The number of aryl methyl sites for hydroxylation is 1. The van der Waals surface area contributed by atoms with Crippen molar-refractivity contribution in [3.63, 3.8) is 0 Å². The van der Waals surface area contributed by atoms with E-state index in [4.69, 9.17) is 5.73 Å². The van der Waals surface area contributed by atoms with E-state index in [9.17, 15) is 4.79 Å². The highest BCUT2D eigenvalue weighted by atomic mass is 16.1. The molecule has 1 unspecified atom stereocenters. The number of amides is 1. The van der Waals surface area contributed by atoms with E-state index in [1.807, 2.05) is 32.0 Å². The van der Waals surface area contributed by atoms with Gasteiger partial charge >= 0.3 is 0 Å². The summed E-state index contributed by atoms with van der Waals surface area (Å²) in [5.41, 5.74) is 8.76. The molecule has 0 spiro atoms. The van der Waals surface area contributed by atoms with E-state index >= 15 is 0 Å². The molecule has 0 fully saturated rings. The van der Waals surface area contributed by atoms with E-state index in [0.29, 0.717) is 18.9 Å². The van der Waals surface area contributed by atoms with Crippen LogP contribution in [0.1, 0.15) is 37.3 Å². The van der Waals surface area contributed by atoms with E-state index in [-0.39, 0.29) is 5.91 Å². The van der Waals surface area contributed by atoms with Gasteiger partial charge in [0.1, 0.15) is 0 Å². The first kappa shape index (κ1) is 14.7. The van der Waals surface area contributed by atoms with Crippen LogP contribution in [-0.4, -0.2) is 12.5 Å². The Morgan fingerprint density at radius 3 is 2.72 bits per heavy atom. The zero-order valence-electron chi connectivity index (χ0n) is 11.6. The van der Waals surface area contributed by atoms with Crippen LogP contribution in [0.2, 0.25) is 0 Å². The molecule has 100 valence electrons. The molecule has 0 saturated heterocycles. The van der Waals surface area contributed by atoms with Gasteiger partial charge in [0.05, 0.1) is 0 Å². The van der Waals surface area contributed by atoms with E-state index in [2.05, 4.69) is 12.2 Å². The molecule has 1 rings (SSSR count). The van der Waals surface area contributed by atoms with Gasteiger partial charge < -0.3 is 11.1 Å². The summed E-state index contributed by atoms with van der Waals surface area (Å²) in [7, 11) is 0. The molecule has 0 aliphatic rings. The van der Waals surface area contributed by atoms with Crippen molar-refractivity contribution >= 4 is 11.6 Å². The van der Waals surface area contributed by atoms with Crippen molar-refractivity contribution in [1.82, 2.24) is 0 Å². The molecule has 1 atom stereocenters. The van der Waals surface area contributed by atoms with Gasteiger partial charge in [-0.15, -0.1) is 0 Å². The molecule has 0 aliphatic heterocycles. The lowest BCUT2D eigenvalue weighted by Crippen LogP contribution is -2.14. The average molecular weight is 248 g/mol. The summed E-state index contributed by atoms with van der Waals surface area (Å²) in [5.74, 6) is 0.604. The largest absolute Gasteiger partial charge is 0.330 e. The van der Waals surface area contributed by atoms with Crippen molar-refractivity contribution in [1.29, 1.82) is 0 Å². The molecule has 18 heavy (non-hydrogen) atoms. The first-order valence-electron chi connectivity index (χ1n) is 6.60. The zero-order chi connectivity index (χ0) is 13.5. The first-order valence-corrected chi connectivity index (χ1v) is 6.60. The van der Waals surface area contributed by atoms with E-state index in [0.717, 1.165) is 24.1 Å². The summed E-state index contributed by atoms with van der Waals surface area (Å²) in [6.07, 6.45) is 2.44. The number of hydrogen-bond donors (Lipinski definition) is 2. The Hall–Kier alpha value is -1.35. The van der Waals surface area contributed by atoms with Crippen LogP contribution >= 0.6 is 0 Å². The topological polar surface area (TPSA) is 55.1 Å². The number of anilines is 1. The highest BCUT2D eigenvalue weighted by molar-refractivity contribution is 5.91. The minimum Gasteiger partial charge on any atom is -0.330 e. The Bertz CT molecular complexity index is 401. The van der Waals surface area contributed by atoms with Gasteiger partial charge in [-0.3, -0.25) is 4.79 Å². The number of carbonyl (C=O) groups excluding carboxylic acids is 1. The second-order valence-corrected chi connectivity index (χ2v) is 5.02. The third-order valence-corrected chi connectivity index (χ3v) is 3.40. The lowest BCUT2D eigenvalue weighted by Gasteiger charge is -2.12. The molecule has 0 bridgehead atoms. The zero-order valence-corrected chi connectivity index (χ0v) is 11.6. The van der Waals surface area contributed by atoms with E-state index < -0.39 is 0 Å². The maximum Gasteiger partial charge on any atom is 0.224 e. The molecule has 3 heteroatoms. The monoisotopic (exact) mass is 248 g/mol. The molecule has 3 nitrogen and oxygen atoms in total. The number of carbonyl (C=O) groups is 1. The van der Waals surface area contributed by atoms with Gasteiger partial charge in [0.25, 0.3) is 0 Å². The van der Waals surface area contributed by atoms with Crippen LogP contribution in [-0.2, 0) is 4.79 Å². The summed E-state index contributed by atoms with van der Waals surface area (Å²) in [6, 6.07) is 5.97. The van der Waals surface area contributed by atoms with Crippen molar-refractivity contribution in [2.75, 3.05) is 11.9 Å². The predicted molar refractivity (Wildman–Crippen MR) is 76.6 cm³/mol. The van der Waals surface area contributed by atoms with Crippen LogP contribution < -0.4 is 11.1 Å². The van der Waals surface area contributed by atoms with Crippen LogP contribution in [0, 0.1) is 19.8 Å². The van der Waals surface area contributed by atoms with Crippen molar-refractivity contribution in [3.8, 4) is 0 Å². The minimum absolute atomic E-state index is 0.0903. The number of nitrogens with one attached hydrogen (secondary N) is 1. The smallest absolute Gasteiger partial charge is 0.224 e. The highest BCUT2D eigenvalue weighted by Crippen LogP contribution is 2.18. The standard InChI is InChI=1S/C15H24N2O/c1-11(9-10-16)7-8-15(18)17-14-6-4-5-12(2)13(14)3/h4-6,11H,7-10,16H2,1-3H3,(H,17,18). The van der Waals surface area contributed by atoms with Crippen molar-refractivity contribution in [2.45, 2.75) is 40.0 Å². The lowest BCUT2D eigenvalue weighted by atomic mass is 10.0. The van der Waals surface area contributed by atoms with Gasteiger partial charge in [0.15, 0.2) is 0 Å². The molecular formula is C15H24N2O. The maximum absolute atomic E-state index is 11.8. The van der Waals surface area contributed by atoms with Gasteiger partial charge in [0, 0.05) is 12.1 Å². The van der Waals surface area contributed by atoms with Crippen molar-refractivity contribution in [2.24, 2.45) is 11.7 Å². The number of nitrogens with two attached hydrogens (primary N) is 1. The number of rotatable bonds is 6. The van der Waals surface area contributed by atoms with Gasteiger partial charge in [-0.2, -0.15) is 0 Å². The third kappa shape index (κ3) is 4.49. The second kappa shape index (κ2) is 7.17. The normalized spacial score (nSPS) is 12.2. The number of hydrogen-bond acceptors (Lipinski definition) is 2. The molecule has 3 N–H and O–H groups in total. The fourth-order valence-corrected chi connectivity index (χ4v) is 1.91. The molecule has 0 saturated carbocycles. The molecule has 0 heterocycles. The molecule has 1 aromatic rings. The van der Waals surface area contributed by atoms with E-state index in [1.165, 1.54) is 5.56 Å². The van der Waals surface area contributed by atoms with Crippen LogP contribution in [0.3, 0.4) is 0 Å². The summed E-state index contributed by atoms with van der Waals surface area (Å²) in [5, 5.41) is 2.98. The minimum atomic E-state index is 0.0903. The Morgan fingerprint density at radius 1 is 1.33 bits per heavy atom. The van der Waals surface area contributed by atoms with Crippen LogP contribution in [0.5, 0.6) is 0 Å². The summed E-state index contributed by atoms with van der Waals surface area (Å²) in [4.78, 5) is 11.8. The Balaban J connectivity index is 2.47. The third-order valence-electron chi connectivity index (χ3n) is 3.40. The Kier molecular flexibility index (Phi) is 5.86. The Labute approximate surface area is 110 Å². The van der Waals surface area contributed by atoms with Crippen LogP contribution in [0.25, 0.3) is 0 Å². The molecule has 1 amide bonds. The van der Waals surface area contributed by atoms with E-state index in [1.54, 1.807) is 0 Å². The lowest BCUT2D eigenvalue weighted by molar-refractivity contribution is -0.116. The molecule has 0 aromatic heterocycles. The van der Waals surface area contributed by atoms with Crippen LogP contribution in [0.4, 0.5) is 5.69 Å². The SMILES string of the molecule is Cc1cccc(NC(=O)CCC(C)CCN)c1C.